The molecule has 0 saturated heterocycles. The molecular formula is C18H25N5O2S. The summed E-state index contributed by atoms with van der Waals surface area (Å²) in [6.45, 7) is 6.56. The average Bonchev–Trinajstić information content (AvgIpc) is 3.29. The van der Waals surface area contributed by atoms with Gasteiger partial charge in [-0.1, -0.05) is 17.8 Å². The van der Waals surface area contributed by atoms with E-state index in [1.54, 1.807) is 10.9 Å². The molecule has 0 unspecified atom stereocenters. The number of furan rings is 1. The Bertz CT molecular complexity index is 761. The van der Waals surface area contributed by atoms with E-state index in [2.05, 4.69) is 21.6 Å². The molecule has 2 aromatic rings. The standard InChI is InChI=1S/C18H25N5O2S/c1-18(2,3)23-17(19-20-21-23)26-13-16(24)22(12-15-10-7-11-25-15)14-8-5-4-6-9-14/h7-8,10-11H,4-6,9,12-13H2,1-3H3. The first kappa shape index (κ1) is 18.7. The van der Waals surface area contributed by atoms with E-state index in [0.717, 1.165) is 30.7 Å². The normalized spacial score (nSPS) is 15.0. The number of aromatic nitrogens is 4. The van der Waals surface area contributed by atoms with E-state index in [0.29, 0.717) is 11.7 Å². The van der Waals surface area contributed by atoms with Gasteiger partial charge in [0, 0.05) is 5.70 Å². The zero-order chi connectivity index (χ0) is 18.6. The molecule has 0 aromatic carbocycles. The van der Waals surface area contributed by atoms with Gasteiger partial charge in [-0.3, -0.25) is 4.79 Å². The van der Waals surface area contributed by atoms with E-state index in [1.807, 2.05) is 37.8 Å². The third kappa shape index (κ3) is 4.55. The van der Waals surface area contributed by atoms with Gasteiger partial charge in [0.2, 0.25) is 11.1 Å². The molecule has 140 valence electrons. The molecule has 0 saturated carbocycles. The Morgan fingerprint density at radius 2 is 2.23 bits per heavy atom. The molecule has 3 rings (SSSR count). The summed E-state index contributed by atoms with van der Waals surface area (Å²) in [4.78, 5) is 14.8. The van der Waals surface area contributed by atoms with Gasteiger partial charge < -0.3 is 9.32 Å². The zero-order valence-electron chi connectivity index (χ0n) is 15.5. The fourth-order valence-electron chi connectivity index (χ4n) is 2.87. The molecule has 0 spiro atoms. The van der Waals surface area contributed by atoms with Crippen molar-refractivity contribution in [2.45, 2.75) is 63.7 Å². The van der Waals surface area contributed by atoms with Crippen LogP contribution in [-0.4, -0.2) is 36.8 Å². The van der Waals surface area contributed by atoms with Crippen LogP contribution >= 0.6 is 11.8 Å². The van der Waals surface area contributed by atoms with E-state index in [9.17, 15) is 4.79 Å². The van der Waals surface area contributed by atoms with Gasteiger partial charge in [0.05, 0.1) is 24.1 Å². The minimum atomic E-state index is -0.228. The SMILES string of the molecule is CC(C)(C)n1nnnc1SCC(=O)N(Cc1ccco1)C1=CCCCC1. The predicted molar refractivity (Wildman–Crippen MR) is 99.3 cm³/mol. The van der Waals surface area contributed by atoms with Gasteiger partial charge in [0.25, 0.3) is 0 Å². The molecule has 0 atom stereocenters. The second-order valence-corrected chi connectivity index (χ2v) is 8.28. The lowest BCUT2D eigenvalue weighted by atomic mass is 10.0. The van der Waals surface area contributed by atoms with Gasteiger partial charge in [-0.15, -0.1) is 5.10 Å². The van der Waals surface area contributed by atoms with Gasteiger partial charge in [-0.2, -0.15) is 0 Å². The van der Waals surface area contributed by atoms with Crippen molar-refractivity contribution in [3.8, 4) is 0 Å². The van der Waals surface area contributed by atoms with Crippen LogP contribution in [0, 0.1) is 0 Å². The molecule has 1 aliphatic carbocycles. The van der Waals surface area contributed by atoms with Crippen LogP contribution in [0.2, 0.25) is 0 Å². The van der Waals surface area contributed by atoms with Gasteiger partial charge >= 0.3 is 0 Å². The molecule has 0 fully saturated rings. The average molecular weight is 375 g/mol. The number of amides is 1. The van der Waals surface area contributed by atoms with Crippen molar-refractivity contribution in [3.63, 3.8) is 0 Å². The van der Waals surface area contributed by atoms with Crippen molar-refractivity contribution in [1.82, 2.24) is 25.1 Å². The van der Waals surface area contributed by atoms with Gasteiger partial charge in [-0.25, -0.2) is 4.68 Å². The first-order valence-corrected chi connectivity index (χ1v) is 9.87. The molecular weight excluding hydrogens is 350 g/mol. The maximum atomic E-state index is 13.0. The summed E-state index contributed by atoms with van der Waals surface area (Å²) >= 11 is 1.37. The maximum absolute atomic E-state index is 13.0. The van der Waals surface area contributed by atoms with Gasteiger partial charge in [0.15, 0.2) is 0 Å². The lowest BCUT2D eigenvalue weighted by Gasteiger charge is -2.27. The Morgan fingerprint density at radius 1 is 1.38 bits per heavy atom. The van der Waals surface area contributed by atoms with Crippen molar-refractivity contribution in [2.24, 2.45) is 0 Å². The highest BCUT2D eigenvalue weighted by Gasteiger charge is 2.24. The number of carbonyl (C=O) groups excluding carboxylic acids is 1. The molecule has 2 heterocycles. The Balaban J connectivity index is 1.71. The second-order valence-electron chi connectivity index (χ2n) is 7.33. The summed E-state index contributed by atoms with van der Waals surface area (Å²) in [5.74, 6) is 1.12. The van der Waals surface area contributed by atoms with Gasteiger partial charge in [0.1, 0.15) is 5.76 Å². The van der Waals surface area contributed by atoms with E-state index in [-0.39, 0.29) is 17.2 Å². The van der Waals surface area contributed by atoms with Crippen LogP contribution in [0.4, 0.5) is 0 Å². The summed E-state index contributed by atoms with van der Waals surface area (Å²) in [5.41, 5.74) is 0.864. The van der Waals surface area contributed by atoms with E-state index in [4.69, 9.17) is 4.42 Å². The molecule has 0 N–H and O–H groups in total. The molecule has 0 bridgehead atoms. The van der Waals surface area contributed by atoms with Crippen molar-refractivity contribution in [3.05, 3.63) is 35.9 Å². The number of tetrazole rings is 1. The number of hydrogen-bond acceptors (Lipinski definition) is 6. The summed E-state index contributed by atoms with van der Waals surface area (Å²) in [7, 11) is 0. The minimum Gasteiger partial charge on any atom is -0.467 e. The monoisotopic (exact) mass is 375 g/mol. The fraction of sp³-hybridized carbons (Fsp3) is 0.556. The van der Waals surface area contributed by atoms with Crippen LogP contribution in [0.1, 0.15) is 52.2 Å². The van der Waals surface area contributed by atoms with Crippen LogP contribution in [0.25, 0.3) is 0 Å². The molecule has 1 aliphatic rings. The minimum absolute atomic E-state index is 0.0445. The smallest absolute Gasteiger partial charge is 0.237 e. The third-order valence-electron chi connectivity index (χ3n) is 4.21. The molecule has 7 nitrogen and oxygen atoms in total. The molecule has 26 heavy (non-hydrogen) atoms. The van der Waals surface area contributed by atoms with Crippen LogP contribution in [0.15, 0.2) is 39.7 Å². The summed E-state index contributed by atoms with van der Waals surface area (Å²) in [6, 6.07) is 3.75. The number of nitrogens with zero attached hydrogens (tertiary/aromatic N) is 5. The van der Waals surface area contributed by atoms with E-state index < -0.39 is 0 Å². The Morgan fingerprint density at radius 3 is 2.88 bits per heavy atom. The van der Waals surface area contributed by atoms with E-state index in [1.165, 1.54) is 18.2 Å². The Kier molecular flexibility index (Phi) is 5.80. The molecule has 1 amide bonds. The largest absolute Gasteiger partial charge is 0.467 e. The van der Waals surface area contributed by atoms with Crippen molar-refractivity contribution in [2.75, 3.05) is 5.75 Å². The number of hydrogen-bond donors (Lipinski definition) is 0. The number of rotatable bonds is 6. The molecule has 8 heteroatoms. The number of thioether (sulfide) groups is 1. The molecule has 0 radical (unpaired) electrons. The van der Waals surface area contributed by atoms with Gasteiger partial charge in [-0.05, 0) is 69.0 Å². The number of allylic oxidation sites excluding steroid dienone is 2. The fourth-order valence-corrected chi connectivity index (χ4v) is 3.80. The first-order chi connectivity index (χ1) is 12.4. The van der Waals surface area contributed by atoms with Crippen molar-refractivity contribution < 1.29 is 9.21 Å². The predicted octanol–water partition coefficient (Wildman–Crippen LogP) is 3.60. The Labute approximate surface area is 157 Å². The highest BCUT2D eigenvalue weighted by molar-refractivity contribution is 7.99. The highest BCUT2D eigenvalue weighted by atomic mass is 32.2. The van der Waals surface area contributed by atoms with Crippen molar-refractivity contribution >= 4 is 17.7 Å². The lowest BCUT2D eigenvalue weighted by molar-refractivity contribution is -0.127. The highest BCUT2D eigenvalue weighted by Crippen LogP contribution is 2.26. The quantitative estimate of drug-likeness (QED) is 0.718. The summed E-state index contributed by atoms with van der Waals surface area (Å²) in [5, 5.41) is 12.5. The van der Waals surface area contributed by atoms with Crippen LogP contribution in [0.3, 0.4) is 0 Å². The van der Waals surface area contributed by atoms with Crippen molar-refractivity contribution in [1.29, 1.82) is 0 Å². The summed E-state index contributed by atoms with van der Waals surface area (Å²) in [6.07, 6.45) is 8.06. The first-order valence-electron chi connectivity index (χ1n) is 8.88. The third-order valence-corrected chi connectivity index (χ3v) is 5.11. The topological polar surface area (TPSA) is 77.1 Å². The Hall–Kier alpha value is -2.09. The molecule has 0 aliphatic heterocycles. The zero-order valence-corrected chi connectivity index (χ0v) is 16.3. The summed E-state index contributed by atoms with van der Waals surface area (Å²) < 4.78 is 7.21. The van der Waals surface area contributed by atoms with Crippen LogP contribution in [-0.2, 0) is 16.9 Å². The van der Waals surface area contributed by atoms with E-state index >= 15 is 0 Å². The van der Waals surface area contributed by atoms with Crippen LogP contribution < -0.4 is 0 Å². The van der Waals surface area contributed by atoms with Crippen LogP contribution in [0.5, 0.6) is 0 Å². The number of carbonyl (C=O) groups is 1. The second kappa shape index (κ2) is 8.07. The molecule has 2 aromatic heterocycles. The maximum Gasteiger partial charge on any atom is 0.237 e. The lowest BCUT2D eigenvalue weighted by Crippen LogP contribution is -2.32.